The van der Waals surface area contributed by atoms with Gasteiger partial charge in [0.2, 0.25) is 0 Å². The number of carbonyl (C=O) groups excluding carboxylic acids is 1. The Morgan fingerprint density at radius 1 is 1.09 bits per heavy atom. The van der Waals surface area contributed by atoms with Crippen molar-refractivity contribution in [2.24, 2.45) is 4.99 Å². The number of esters is 1. The number of carbonyl (C=O) groups is 1. The molecule has 4 nitrogen and oxygen atoms in total. The van der Waals surface area contributed by atoms with Crippen LogP contribution in [0.15, 0.2) is 60.7 Å². The number of benzene rings is 1. The quantitative estimate of drug-likeness (QED) is 0.219. The fourth-order valence-electron chi connectivity index (χ4n) is 1.52. The highest BCUT2D eigenvalue weighted by molar-refractivity contribution is 6.35. The molecule has 0 aliphatic rings. The molecule has 0 aromatic heterocycles. The largest absolute Gasteiger partial charge is 0.476 e. The smallest absolute Gasteiger partial charge is 0.334 e. The minimum Gasteiger partial charge on any atom is -0.476 e. The Morgan fingerprint density at radius 3 is 2.22 bits per heavy atom. The van der Waals surface area contributed by atoms with E-state index in [0.29, 0.717) is 15.7 Å². The van der Waals surface area contributed by atoms with Crippen LogP contribution in [0.1, 0.15) is 6.42 Å². The number of nitrogens with zero attached hydrogens (tertiary/aromatic N) is 1. The van der Waals surface area contributed by atoms with E-state index in [1.807, 2.05) is 0 Å². The molecule has 1 rings (SSSR count). The van der Waals surface area contributed by atoms with Gasteiger partial charge in [-0.15, -0.1) is 0 Å². The van der Waals surface area contributed by atoms with Crippen LogP contribution in [0.5, 0.6) is 0 Å². The Kier molecular flexibility index (Phi) is 8.16. The summed E-state index contributed by atoms with van der Waals surface area (Å²) in [5.41, 5.74) is 0.719. The van der Waals surface area contributed by atoms with Crippen LogP contribution in [-0.4, -0.2) is 25.1 Å². The molecule has 0 heterocycles. The van der Waals surface area contributed by atoms with Crippen LogP contribution >= 0.6 is 23.2 Å². The van der Waals surface area contributed by atoms with E-state index in [2.05, 4.69) is 24.7 Å². The molecule has 6 heteroatoms. The third-order valence-corrected chi connectivity index (χ3v) is 2.89. The van der Waals surface area contributed by atoms with Gasteiger partial charge in [0.05, 0.1) is 12.1 Å². The summed E-state index contributed by atoms with van der Waals surface area (Å²) >= 11 is 11.9. The Hall–Kier alpha value is -2.04. The molecular formula is C17H17Cl2NO3. The van der Waals surface area contributed by atoms with Gasteiger partial charge in [-0.25, -0.2) is 9.79 Å². The van der Waals surface area contributed by atoms with Gasteiger partial charge in [-0.1, -0.05) is 55.1 Å². The maximum Gasteiger partial charge on any atom is 0.334 e. The van der Waals surface area contributed by atoms with Crippen LogP contribution < -0.4 is 0 Å². The van der Waals surface area contributed by atoms with Gasteiger partial charge >= 0.3 is 5.97 Å². The highest BCUT2D eigenvalue weighted by Gasteiger charge is 2.13. The molecule has 122 valence electrons. The van der Waals surface area contributed by atoms with Crippen molar-refractivity contribution < 1.29 is 14.3 Å². The van der Waals surface area contributed by atoms with Crippen molar-refractivity contribution in [2.75, 3.05) is 13.2 Å². The molecule has 0 radical (unpaired) electrons. The summed E-state index contributed by atoms with van der Waals surface area (Å²) in [7, 11) is 0. The summed E-state index contributed by atoms with van der Waals surface area (Å²) in [4.78, 5) is 16.0. The number of hydrogen-bond donors (Lipinski definition) is 0. The lowest BCUT2D eigenvalue weighted by Gasteiger charge is -2.10. The van der Waals surface area contributed by atoms with Crippen LogP contribution in [0.25, 0.3) is 0 Å². The topological polar surface area (TPSA) is 47.9 Å². The van der Waals surface area contributed by atoms with Gasteiger partial charge in [-0.05, 0) is 18.2 Å². The molecule has 0 spiro atoms. The lowest BCUT2D eigenvalue weighted by molar-refractivity contribution is -0.137. The van der Waals surface area contributed by atoms with Gasteiger partial charge < -0.3 is 9.47 Å². The average Bonchev–Trinajstić information content (AvgIpc) is 2.49. The normalized spacial score (nSPS) is 10.8. The Morgan fingerprint density at radius 2 is 1.65 bits per heavy atom. The highest BCUT2D eigenvalue weighted by atomic mass is 35.5. The molecule has 0 fully saturated rings. The van der Waals surface area contributed by atoms with Crippen molar-refractivity contribution in [1.29, 1.82) is 0 Å². The minimum absolute atomic E-state index is 0.0912. The van der Waals surface area contributed by atoms with Crippen molar-refractivity contribution >= 4 is 40.8 Å². The predicted octanol–water partition coefficient (Wildman–Crippen LogP) is 4.90. The van der Waals surface area contributed by atoms with Crippen LogP contribution in [0.4, 0.5) is 5.69 Å². The molecule has 1 aromatic rings. The van der Waals surface area contributed by atoms with E-state index in [1.54, 1.807) is 24.3 Å². The summed E-state index contributed by atoms with van der Waals surface area (Å²) in [6.07, 6.45) is 3.13. The van der Waals surface area contributed by atoms with Gasteiger partial charge in [0.1, 0.15) is 13.2 Å². The molecule has 0 aliphatic carbocycles. The van der Waals surface area contributed by atoms with Crippen molar-refractivity contribution in [1.82, 2.24) is 0 Å². The third kappa shape index (κ3) is 7.17. The van der Waals surface area contributed by atoms with E-state index in [-0.39, 0.29) is 31.1 Å². The first-order valence-electron chi connectivity index (χ1n) is 6.69. The Balaban J connectivity index is 2.92. The van der Waals surface area contributed by atoms with Gasteiger partial charge in [0.25, 0.3) is 0 Å². The molecule has 0 N–H and O–H groups in total. The van der Waals surface area contributed by atoms with Crippen LogP contribution in [0.3, 0.4) is 0 Å². The minimum atomic E-state index is -0.538. The van der Waals surface area contributed by atoms with Gasteiger partial charge in [-0.2, -0.15) is 0 Å². The number of aliphatic imine (C=N–C) groups is 1. The Labute approximate surface area is 145 Å². The fraction of sp³-hybridized carbons (Fsp3) is 0.176. The average molecular weight is 354 g/mol. The molecule has 0 saturated carbocycles. The number of halogens is 2. The second kappa shape index (κ2) is 9.87. The summed E-state index contributed by atoms with van der Waals surface area (Å²) in [5.74, 6) is -0.257. The highest BCUT2D eigenvalue weighted by Crippen LogP contribution is 2.25. The second-order valence-electron chi connectivity index (χ2n) is 4.40. The molecule has 0 saturated heterocycles. The van der Waals surface area contributed by atoms with Crippen LogP contribution in [-0.2, 0) is 14.3 Å². The van der Waals surface area contributed by atoms with E-state index in [1.165, 1.54) is 6.08 Å². The maximum atomic E-state index is 11.7. The van der Waals surface area contributed by atoms with E-state index < -0.39 is 5.97 Å². The monoisotopic (exact) mass is 353 g/mol. The van der Waals surface area contributed by atoms with E-state index in [0.717, 1.165) is 0 Å². The van der Waals surface area contributed by atoms with E-state index in [9.17, 15) is 4.79 Å². The van der Waals surface area contributed by atoms with Gasteiger partial charge in [-0.3, -0.25) is 0 Å². The number of hydrogen-bond acceptors (Lipinski definition) is 4. The number of ether oxygens (including phenoxy) is 2. The Bertz CT molecular complexity index is 618. The zero-order valence-corrected chi connectivity index (χ0v) is 14.1. The molecule has 0 unspecified atom stereocenters. The SMILES string of the molecule is C=CCOC(=O)C(=C)CC(=Nc1cc(Cl)cc(Cl)c1)OCC=C. The molecule has 0 atom stereocenters. The molecule has 0 aliphatic heterocycles. The zero-order valence-electron chi connectivity index (χ0n) is 12.6. The van der Waals surface area contributed by atoms with Crippen molar-refractivity contribution in [3.63, 3.8) is 0 Å². The summed E-state index contributed by atoms with van der Waals surface area (Å²) < 4.78 is 10.4. The van der Waals surface area contributed by atoms with Gasteiger partial charge in [0, 0.05) is 15.6 Å². The van der Waals surface area contributed by atoms with Gasteiger partial charge in [0.15, 0.2) is 5.90 Å². The molecule has 0 amide bonds. The van der Waals surface area contributed by atoms with E-state index >= 15 is 0 Å². The first kappa shape index (κ1) is 19.0. The summed E-state index contributed by atoms with van der Waals surface area (Å²) in [6.45, 7) is 11.1. The van der Waals surface area contributed by atoms with Crippen LogP contribution in [0.2, 0.25) is 10.0 Å². The first-order valence-corrected chi connectivity index (χ1v) is 7.45. The van der Waals surface area contributed by atoms with E-state index in [4.69, 9.17) is 32.7 Å². The third-order valence-electron chi connectivity index (χ3n) is 2.45. The lowest BCUT2D eigenvalue weighted by atomic mass is 10.2. The first-order chi connectivity index (χ1) is 11.0. The summed E-state index contributed by atoms with van der Waals surface area (Å²) in [5, 5.41) is 0.895. The molecule has 23 heavy (non-hydrogen) atoms. The molecular weight excluding hydrogens is 337 g/mol. The van der Waals surface area contributed by atoms with Crippen molar-refractivity contribution in [2.45, 2.75) is 6.42 Å². The standard InChI is InChI=1S/C17H17Cl2NO3/c1-4-6-22-16(8-12(3)17(21)23-7-5-2)20-15-10-13(18)9-14(19)11-15/h4-5,9-11H,1-3,6-8H2. The van der Waals surface area contributed by atoms with Crippen LogP contribution in [0, 0.1) is 0 Å². The lowest BCUT2D eigenvalue weighted by Crippen LogP contribution is -2.13. The molecule has 0 bridgehead atoms. The molecule has 1 aromatic carbocycles. The fourth-order valence-corrected chi connectivity index (χ4v) is 2.03. The van der Waals surface area contributed by atoms with Crippen molar-refractivity contribution in [3.05, 3.63) is 65.7 Å². The van der Waals surface area contributed by atoms with Crippen molar-refractivity contribution in [3.8, 4) is 0 Å². The summed E-state index contributed by atoms with van der Waals surface area (Å²) in [6, 6.07) is 4.85. The number of rotatable bonds is 8. The predicted molar refractivity (Wildman–Crippen MR) is 94.6 cm³/mol. The second-order valence-corrected chi connectivity index (χ2v) is 5.27. The zero-order chi connectivity index (χ0) is 17.2. The maximum absolute atomic E-state index is 11.7.